The van der Waals surface area contributed by atoms with Gasteiger partial charge in [-0.1, -0.05) is 28.9 Å². The molecule has 2 aliphatic rings. The molecule has 7 nitrogen and oxygen atoms in total. The first kappa shape index (κ1) is 22.9. The first-order valence-corrected chi connectivity index (χ1v) is 12.7. The molecule has 1 amide bonds. The minimum Gasteiger partial charge on any atom is -0.493 e. The molecule has 2 aromatic carbocycles. The van der Waals surface area contributed by atoms with Crippen molar-refractivity contribution in [3.05, 3.63) is 74.1 Å². The Labute approximate surface area is 210 Å². The Kier molecular flexibility index (Phi) is 6.33. The van der Waals surface area contributed by atoms with Crippen LogP contribution in [0, 0.1) is 0 Å². The Morgan fingerprint density at radius 1 is 1.18 bits per heavy atom. The zero-order valence-corrected chi connectivity index (χ0v) is 21.2. The molecule has 0 spiro atoms. The van der Waals surface area contributed by atoms with E-state index in [4.69, 9.17) is 9.47 Å². The normalized spacial score (nSPS) is 17.3. The number of halogens is 1. The molecule has 0 saturated carbocycles. The minimum atomic E-state index is -0.474. The summed E-state index contributed by atoms with van der Waals surface area (Å²) in [7, 11) is 1.52. The molecule has 1 atom stereocenters. The highest BCUT2D eigenvalue weighted by molar-refractivity contribution is 9.10. The molecule has 0 fully saturated rings. The molecule has 0 bridgehead atoms. The number of nitrogens with zero attached hydrogens (tertiary/aromatic N) is 1. The molecule has 3 aromatic rings. The number of hydrogen-bond donors (Lipinski definition) is 2. The fourth-order valence-corrected chi connectivity index (χ4v) is 5.88. The number of esters is 1. The lowest BCUT2D eigenvalue weighted by molar-refractivity contribution is 0.0729. The van der Waals surface area contributed by atoms with Gasteiger partial charge >= 0.3 is 5.97 Å². The Morgan fingerprint density at radius 3 is 2.71 bits per heavy atom. The SMILES string of the molecule is CCN1CCc2c(sc3c2C(=O)NC(c2ccc(OC(=O)c4ccc(Br)cc4)c(OC)c2)N3)C1. The van der Waals surface area contributed by atoms with E-state index in [0.717, 1.165) is 46.7 Å². The van der Waals surface area contributed by atoms with Crippen LogP contribution in [0.1, 0.15) is 49.8 Å². The summed E-state index contributed by atoms with van der Waals surface area (Å²) in [6.07, 6.45) is 0.480. The van der Waals surface area contributed by atoms with Crippen LogP contribution in [0.25, 0.3) is 0 Å². The second kappa shape index (κ2) is 9.40. The number of amides is 1. The Bertz CT molecular complexity index is 1260. The maximum Gasteiger partial charge on any atom is 0.343 e. The summed E-state index contributed by atoms with van der Waals surface area (Å²) in [4.78, 5) is 29.2. The average Bonchev–Trinajstić information content (AvgIpc) is 3.22. The number of hydrogen-bond acceptors (Lipinski definition) is 7. The van der Waals surface area contributed by atoms with Crippen molar-refractivity contribution in [2.24, 2.45) is 0 Å². The van der Waals surface area contributed by atoms with Gasteiger partial charge in [-0.25, -0.2) is 4.79 Å². The third kappa shape index (κ3) is 4.31. The predicted molar refractivity (Wildman–Crippen MR) is 135 cm³/mol. The number of fused-ring (bicyclic) bond motifs is 3. The lowest BCUT2D eigenvalue weighted by atomic mass is 10.0. The third-order valence-corrected chi connectivity index (χ3v) is 7.84. The third-order valence-electron chi connectivity index (χ3n) is 6.16. The zero-order valence-electron chi connectivity index (χ0n) is 18.8. The second-order valence-electron chi connectivity index (χ2n) is 8.18. The maximum absolute atomic E-state index is 13.0. The molecule has 0 saturated heterocycles. The van der Waals surface area contributed by atoms with Crippen molar-refractivity contribution in [2.45, 2.75) is 26.1 Å². The van der Waals surface area contributed by atoms with Gasteiger partial charge < -0.3 is 20.1 Å². The number of nitrogens with one attached hydrogen (secondary N) is 2. The van der Waals surface area contributed by atoms with Crippen molar-refractivity contribution < 1.29 is 19.1 Å². The van der Waals surface area contributed by atoms with Gasteiger partial charge in [-0.15, -0.1) is 11.3 Å². The van der Waals surface area contributed by atoms with Crippen LogP contribution in [0.4, 0.5) is 5.00 Å². The lowest BCUT2D eigenvalue weighted by Crippen LogP contribution is -2.38. The number of carbonyl (C=O) groups is 2. The van der Waals surface area contributed by atoms with Crippen LogP contribution in [-0.4, -0.2) is 37.0 Å². The van der Waals surface area contributed by atoms with Crippen molar-refractivity contribution >= 4 is 44.1 Å². The van der Waals surface area contributed by atoms with E-state index >= 15 is 0 Å². The van der Waals surface area contributed by atoms with Gasteiger partial charge in [-0.3, -0.25) is 9.69 Å². The molecule has 1 aromatic heterocycles. The van der Waals surface area contributed by atoms with Gasteiger partial charge in [0.2, 0.25) is 0 Å². The van der Waals surface area contributed by atoms with Crippen molar-refractivity contribution in [2.75, 3.05) is 25.5 Å². The number of methoxy groups -OCH3 is 1. The van der Waals surface area contributed by atoms with Crippen molar-refractivity contribution in [3.8, 4) is 11.5 Å². The fourth-order valence-electron chi connectivity index (χ4n) is 4.30. The van der Waals surface area contributed by atoms with Crippen molar-refractivity contribution in [3.63, 3.8) is 0 Å². The molecule has 3 heterocycles. The van der Waals surface area contributed by atoms with E-state index in [-0.39, 0.29) is 5.91 Å². The first-order valence-electron chi connectivity index (χ1n) is 11.1. The van der Waals surface area contributed by atoms with Crippen LogP contribution in [0.15, 0.2) is 46.9 Å². The predicted octanol–water partition coefficient (Wildman–Crippen LogP) is 4.97. The summed E-state index contributed by atoms with van der Waals surface area (Å²) in [5.74, 6) is 0.186. The smallest absolute Gasteiger partial charge is 0.343 e. The van der Waals surface area contributed by atoms with Crippen molar-refractivity contribution in [1.29, 1.82) is 0 Å². The van der Waals surface area contributed by atoms with E-state index in [9.17, 15) is 9.59 Å². The molecule has 0 aliphatic carbocycles. The van der Waals surface area contributed by atoms with Crippen LogP contribution < -0.4 is 20.1 Å². The van der Waals surface area contributed by atoms with Crippen LogP contribution in [0.3, 0.4) is 0 Å². The highest BCUT2D eigenvalue weighted by Gasteiger charge is 2.33. The lowest BCUT2D eigenvalue weighted by Gasteiger charge is -2.28. The standard InChI is InChI=1S/C25H24BrN3O4S/c1-3-29-11-10-17-20(13-29)34-24-21(17)23(30)27-22(28-24)15-6-9-18(19(12-15)32-2)33-25(31)14-4-7-16(26)8-5-14/h4-9,12,22,28H,3,10-11,13H2,1-2H3,(H,27,30). The summed E-state index contributed by atoms with van der Waals surface area (Å²) in [5, 5.41) is 7.45. The minimum absolute atomic E-state index is 0.0640. The Balaban J connectivity index is 1.37. The van der Waals surface area contributed by atoms with E-state index in [2.05, 4.69) is 38.4 Å². The number of carbonyl (C=O) groups excluding carboxylic acids is 2. The highest BCUT2D eigenvalue weighted by atomic mass is 79.9. The zero-order chi connectivity index (χ0) is 23.8. The van der Waals surface area contributed by atoms with Gasteiger partial charge in [0.25, 0.3) is 5.91 Å². The molecule has 2 N–H and O–H groups in total. The van der Waals surface area contributed by atoms with Crippen LogP contribution in [0.2, 0.25) is 0 Å². The van der Waals surface area contributed by atoms with Crippen LogP contribution >= 0.6 is 27.3 Å². The number of ether oxygens (including phenoxy) is 2. The number of benzene rings is 2. The van der Waals surface area contributed by atoms with E-state index in [1.165, 1.54) is 17.6 Å². The molecule has 1 unspecified atom stereocenters. The quantitative estimate of drug-likeness (QED) is 0.350. The van der Waals surface area contributed by atoms with E-state index in [1.54, 1.807) is 47.7 Å². The average molecular weight is 542 g/mol. The number of likely N-dealkylation sites (N-methyl/N-ethyl adjacent to an activating group) is 1. The van der Waals surface area contributed by atoms with Gasteiger partial charge in [0.05, 0.1) is 18.2 Å². The molecular formula is C25H24BrN3O4S. The monoisotopic (exact) mass is 541 g/mol. The summed E-state index contributed by atoms with van der Waals surface area (Å²) in [6.45, 7) is 5.02. The molecule has 2 aliphatic heterocycles. The van der Waals surface area contributed by atoms with E-state index < -0.39 is 12.1 Å². The van der Waals surface area contributed by atoms with Gasteiger partial charge in [-0.2, -0.15) is 0 Å². The number of anilines is 1. The molecule has 34 heavy (non-hydrogen) atoms. The summed E-state index contributed by atoms with van der Waals surface area (Å²) in [5.41, 5.74) is 3.19. The maximum atomic E-state index is 13.0. The number of rotatable bonds is 5. The second-order valence-corrected chi connectivity index (χ2v) is 10.2. The van der Waals surface area contributed by atoms with Gasteiger partial charge in [-0.05, 0) is 60.5 Å². The van der Waals surface area contributed by atoms with Crippen LogP contribution in [-0.2, 0) is 13.0 Å². The summed E-state index contributed by atoms with van der Waals surface area (Å²) < 4.78 is 11.9. The first-order chi connectivity index (χ1) is 16.5. The number of thiophene rings is 1. The van der Waals surface area contributed by atoms with Gasteiger partial charge in [0, 0.05) is 22.4 Å². The van der Waals surface area contributed by atoms with Gasteiger partial charge in [0.1, 0.15) is 11.2 Å². The molecule has 5 rings (SSSR count). The van der Waals surface area contributed by atoms with Crippen LogP contribution in [0.5, 0.6) is 11.5 Å². The Morgan fingerprint density at radius 2 is 1.97 bits per heavy atom. The van der Waals surface area contributed by atoms with Crippen molar-refractivity contribution in [1.82, 2.24) is 10.2 Å². The van der Waals surface area contributed by atoms with E-state index in [0.29, 0.717) is 17.1 Å². The fraction of sp³-hybridized carbons (Fsp3) is 0.280. The molecule has 176 valence electrons. The van der Waals surface area contributed by atoms with E-state index in [1.807, 2.05) is 6.07 Å². The molecular weight excluding hydrogens is 518 g/mol. The van der Waals surface area contributed by atoms with Gasteiger partial charge in [0.15, 0.2) is 11.5 Å². The Hall–Kier alpha value is -2.88. The molecule has 0 radical (unpaired) electrons. The molecule has 9 heteroatoms. The summed E-state index contributed by atoms with van der Waals surface area (Å²) >= 11 is 5.02. The summed E-state index contributed by atoms with van der Waals surface area (Å²) in [6, 6.07) is 12.2. The highest BCUT2D eigenvalue weighted by Crippen LogP contribution is 2.41. The topological polar surface area (TPSA) is 79.9 Å². The largest absolute Gasteiger partial charge is 0.493 e.